The lowest BCUT2D eigenvalue weighted by Crippen LogP contribution is -2.30. The normalized spacial score (nSPS) is 12.8. The van der Waals surface area contributed by atoms with E-state index in [-0.39, 0.29) is 16.7 Å². The van der Waals surface area contributed by atoms with Crippen molar-refractivity contribution in [3.63, 3.8) is 0 Å². The maximum atomic E-state index is 10.1. The van der Waals surface area contributed by atoms with E-state index in [4.69, 9.17) is 6.57 Å². The fourth-order valence-electron chi connectivity index (χ4n) is 8.09. The van der Waals surface area contributed by atoms with E-state index >= 15 is 0 Å². The molecule has 0 radical (unpaired) electrons. The molecule has 1 aliphatic heterocycles. The highest BCUT2D eigenvalue weighted by molar-refractivity contribution is 6.09. The summed E-state index contributed by atoms with van der Waals surface area (Å²) in [6.45, 7) is 12.5. The van der Waals surface area contributed by atoms with Gasteiger partial charge >= 0.3 is 0 Å². The summed E-state index contributed by atoms with van der Waals surface area (Å²) in [6, 6.07) is 49.9. The molecule has 9 rings (SSSR count). The van der Waals surface area contributed by atoms with Gasteiger partial charge in [-0.2, -0.15) is 10.5 Å². The summed E-state index contributed by atoms with van der Waals surface area (Å²) in [5.74, 6) is 0. The molecule has 0 amide bonds. The van der Waals surface area contributed by atoms with Crippen LogP contribution >= 0.6 is 0 Å². The van der Waals surface area contributed by atoms with Crippen molar-refractivity contribution in [1.29, 1.82) is 10.5 Å². The Morgan fingerprint density at radius 1 is 0.642 bits per heavy atom. The Labute approximate surface area is 307 Å². The average Bonchev–Trinajstić information content (AvgIpc) is 3.55. The fourth-order valence-corrected chi connectivity index (χ4v) is 8.09. The molecule has 0 fully saturated rings. The Hall–Kier alpha value is -7.46. The van der Waals surface area contributed by atoms with Gasteiger partial charge in [-0.1, -0.05) is 86.6 Å². The molecule has 6 heteroatoms. The van der Waals surface area contributed by atoms with Crippen LogP contribution in [0.4, 0.5) is 22.7 Å². The third-order valence-electron chi connectivity index (χ3n) is 10.5. The van der Waals surface area contributed by atoms with Gasteiger partial charge in [0, 0.05) is 51.1 Å². The monoisotopic (exact) mass is 678 g/mol. The maximum absolute atomic E-state index is 10.1. The molecule has 6 nitrogen and oxygen atoms in total. The van der Waals surface area contributed by atoms with E-state index in [1.165, 1.54) is 11.1 Å². The van der Waals surface area contributed by atoms with E-state index in [0.29, 0.717) is 11.1 Å². The van der Waals surface area contributed by atoms with Gasteiger partial charge in [0.05, 0.1) is 46.7 Å². The summed E-state index contributed by atoms with van der Waals surface area (Å²) < 4.78 is 2.31. The second-order valence-corrected chi connectivity index (χ2v) is 13.8. The summed E-state index contributed by atoms with van der Waals surface area (Å²) >= 11 is 0. The van der Waals surface area contributed by atoms with E-state index in [0.717, 1.165) is 61.2 Å². The number of nitriles is 2. The van der Waals surface area contributed by atoms with Gasteiger partial charge in [0.25, 0.3) is 0 Å². The largest absolute Gasteiger partial charge is 0.310 e. The van der Waals surface area contributed by atoms with E-state index < -0.39 is 0 Å². The molecule has 0 spiro atoms. The summed E-state index contributed by atoms with van der Waals surface area (Å²) in [5.41, 5.74) is 12.6. The van der Waals surface area contributed by atoms with Crippen LogP contribution in [-0.2, 0) is 5.41 Å². The molecular weight excluding hydrogens is 649 g/mol. The van der Waals surface area contributed by atoms with Crippen LogP contribution in [0, 0.1) is 29.2 Å². The Morgan fingerprint density at radius 3 is 2.06 bits per heavy atom. The minimum absolute atomic E-state index is 0.210. The topological polar surface area (TPSA) is 73.0 Å². The summed E-state index contributed by atoms with van der Waals surface area (Å²) in [7, 11) is 0. The van der Waals surface area contributed by atoms with E-state index in [9.17, 15) is 10.5 Å². The van der Waals surface area contributed by atoms with Gasteiger partial charge in [0.2, 0.25) is 0 Å². The van der Waals surface area contributed by atoms with Crippen LogP contribution in [0.5, 0.6) is 0 Å². The average molecular weight is 679 g/mol. The fraction of sp³-hybridized carbons (Fsp3) is 0.0638. The number of nitrogens with zero attached hydrogens (tertiary/aromatic N) is 6. The van der Waals surface area contributed by atoms with Crippen LogP contribution in [0.25, 0.3) is 54.6 Å². The Bertz CT molecular complexity index is 2790. The van der Waals surface area contributed by atoms with Crippen molar-refractivity contribution in [2.24, 2.45) is 0 Å². The first-order valence-corrected chi connectivity index (χ1v) is 17.4. The van der Waals surface area contributed by atoms with E-state index in [2.05, 4.69) is 148 Å². The minimum atomic E-state index is -0.210. The highest BCUT2D eigenvalue weighted by atomic mass is 15.2. The second-order valence-electron chi connectivity index (χ2n) is 13.8. The first-order chi connectivity index (χ1) is 25.9. The zero-order valence-electron chi connectivity index (χ0n) is 29.0. The van der Waals surface area contributed by atoms with Crippen molar-refractivity contribution < 1.29 is 0 Å². The van der Waals surface area contributed by atoms with Crippen molar-refractivity contribution in [3.05, 3.63) is 180 Å². The number of fused-ring (bicyclic) bond motifs is 5. The molecule has 1 aliphatic rings. The van der Waals surface area contributed by atoms with Crippen molar-refractivity contribution in [3.8, 4) is 40.1 Å². The number of hydrogen-bond donors (Lipinski definition) is 0. The molecule has 0 aliphatic carbocycles. The second kappa shape index (κ2) is 12.1. The summed E-state index contributed by atoms with van der Waals surface area (Å²) in [6.07, 6.45) is 3.77. The van der Waals surface area contributed by atoms with Gasteiger partial charge in [0.15, 0.2) is 5.69 Å². The van der Waals surface area contributed by atoms with Crippen molar-refractivity contribution in [1.82, 2.24) is 9.55 Å². The van der Waals surface area contributed by atoms with Crippen molar-refractivity contribution >= 4 is 44.6 Å². The third kappa shape index (κ3) is 4.88. The zero-order chi connectivity index (χ0) is 36.3. The van der Waals surface area contributed by atoms with Crippen LogP contribution in [0.2, 0.25) is 0 Å². The molecule has 2 aromatic heterocycles. The number of hydrogen-bond acceptors (Lipinski definition) is 4. The molecule has 0 N–H and O–H groups in total. The molecule has 0 bridgehead atoms. The van der Waals surface area contributed by atoms with E-state index in [1.54, 1.807) is 12.1 Å². The Kier molecular flexibility index (Phi) is 7.19. The molecule has 0 atom stereocenters. The number of anilines is 3. The Balaban J connectivity index is 1.34. The molecular formula is C47H30N6. The van der Waals surface area contributed by atoms with E-state index in [1.807, 2.05) is 30.6 Å². The van der Waals surface area contributed by atoms with Crippen LogP contribution in [0.15, 0.2) is 146 Å². The lowest BCUT2D eigenvalue weighted by Gasteiger charge is -2.42. The molecule has 248 valence electrons. The first kappa shape index (κ1) is 31.5. The maximum Gasteiger partial charge on any atom is 0.197 e. The number of pyridine rings is 1. The number of para-hydroxylation sites is 3. The van der Waals surface area contributed by atoms with Gasteiger partial charge < -0.3 is 9.47 Å². The van der Waals surface area contributed by atoms with Crippen molar-refractivity contribution in [2.45, 2.75) is 19.3 Å². The lowest BCUT2D eigenvalue weighted by molar-refractivity contribution is 0.632. The van der Waals surface area contributed by atoms with Gasteiger partial charge in [0.1, 0.15) is 0 Å². The van der Waals surface area contributed by atoms with Gasteiger partial charge in [-0.15, -0.1) is 0 Å². The molecule has 0 saturated carbocycles. The smallest absolute Gasteiger partial charge is 0.197 e. The molecule has 6 aromatic carbocycles. The van der Waals surface area contributed by atoms with Crippen LogP contribution in [-0.4, -0.2) is 9.55 Å². The third-order valence-corrected chi connectivity index (χ3v) is 10.5. The number of rotatable bonds is 4. The first-order valence-electron chi connectivity index (χ1n) is 17.4. The minimum Gasteiger partial charge on any atom is -0.310 e. The molecule has 3 heterocycles. The summed E-state index contributed by atoms with van der Waals surface area (Å²) in [5, 5.41) is 21.9. The predicted octanol–water partition coefficient (Wildman–Crippen LogP) is 11.9. The lowest BCUT2D eigenvalue weighted by atomic mass is 9.73. The summed E-state index contributed by atoms with van der Waals surface area (Å²) in [4.78, 5) is 10.6. The molecule has 53 heavy (non-hydrogen) atoms. The highest BCUT2D eigenvalue weighted by Crippen LogP contribution is 2.52. The standard InChI is InChI=1S/C47H30N6/c1-47(2)39-14-5-8-17-44(39)53(45-18-9-6-15-40(45)47)36-25-33(24-35(26-36)52-42-16-7-4-13-37(42)38-29-51-20-19-43(38)52)31-11-10-12-32(23-31)46-34(28-49)21-30(27-48)22-41(46)50-3/h4-26,29H,1-2H3. The highest BCUT2D eigenvalue weighted by Gasteiger charge is 2.36. The number of aromatic nitrogens is 2. The molecule has 0 saturated heterocycles. The Morgan fingerprint density at radius 2 is 1.32 bits per heavy atom. The SMILES string of the molecule is [C-]#[N+]c1cc(C#N)cc(C#N)c1-c1cccc(-c2cc(N3c4ccccc4C(C)(C)c4ccccc43)cc(-n3c4ccccc4c4cnccc43)c2)c1. The van der Waals surface area contributed by atoms with Gasteiger partial charge in [-0.05, 0) is 88.5 Å². The van der Waals surface area contributed by atoms with Crippen molar-refractivity contribution in [2.75, 3.05) is 4.90 Å². The van der Waals surface area contributed by atoms with Crippen LogP contribution < -0.4 is 4.90 Å². The molecule has 0 unspecified atom stereocenters. The van der Waals surface area contributed by atoms with Gasteiger partial charge in [-0.25, -0.2) is 4.85 Å². The van der Waals surface area contributed by atoms with Crippen LogP contribution in [0.1, 0.15) is 36.1 Å². The zero-order valence-corrected chi connectivity index (χ0v) is 29.0. The predicted molar refractivity (Wildman–Crippen MR) is 212 cm³/mol. The number of benzene rings is 6. The van der Waals surface area contributed by atoms with Crippen LogP contribution in [0.3, 0.4) is 0 Å². The van der Waals surface area contributed by atoms with Gasteiger partial charge in [-0.3, -0.25) is 4.98 Å². The molecule has 8 aromatic rings. The quantitative estimate of drug-likeness (QED) is 0.174.